The zero-order chi connectivity index (χ0) is 14.9. The van der Waals surface area contributed by atoms with E-state index in [2.05, 4.69) is 27.8 Å². The average Bonchev–Trinajstić information content (AvgIpc) is 2.85. The number of hydrogen-bond acceptors (Lipinski definition) is 5. The van der Waals surface area contributed by atoms with E-state index in [4.69, 9.17) is 10.5 Å². The van der Waals surface area contributed by atoms with E-state index in [1.807, 2.05) is 18.2 Å². The van der Waals surface area contributed by atoms with Crippen molar-refractivity contribution in [3.05, 3.63) is 24.3 Å². The van der Waals surface area contributed by atoms with Crippen LogP contribution in [0.2, 0.25) is 0 Å². The molecule has 114 valence electrons. The zero-order valence-electron chi connectivity index (χ0n) is 12.9. The second kappa shape index (κ2) is 5.56. The third-order valence-electron chi connectivity index (χ3n) is 4.78. The molecule has 1 aromatic carbocycles. The summed E-state index contributed by atoms with van der Waals surface area (Å²) in [5, 5.41) is 0. The molecular formula is C16H24N4O. The predicted molar refractivity (Wildman–Crippen MR) is 86.0 cm³/mol. The van der Waals surface area contributed by atoms with Gasteiger partial charge in [0.2, 0.25) is 0 Å². The van der Waals surface area contributed by atoms with Gasteiger partial charge in [-0.2, -0.15) is 0 Å². The Kier molecular flexibility index (Phi) is 3.76. The molecule has 0 aliphatic carbocycles. The molecule has 0 amide bonds. The number of piperidine rings is 1. The molecule has 1 spiro atoms. The molecule has 1 saturated heterocycles. The van der Waals surface area contributed by atoms with Gasteiger partial charge < -0.3 is 20.3 Å². The molecule has 5 nitrogen and oxygen atoms in total. The summed E-state index contributed by atoms with van der Waals surface area (Å²) in [7, 11) is 1.69. The van der Waals surface area contributed by atoms with Crippen LogP contribution in [0.1, 0.15) is 19.8 Å². The van der Waals surface area contributed by atoms with Crippen LogP contribution in [-0.2, 0) is 0 Å². The van der Waals surface area contributed by atoms with E-state index in [-0.39, 0.29) is 5.54 Å². The van der Waals surface area contributed by atoms with Crippen molar-refractivity contribution >= 4 is 11.6 Å². The quantitative estimate of drug-likeness (QED) is 0.919. The number of aliphatic imine (C=N–C) groups is 1. The minimum absolute atomic E-state index is 0.0438. The third kappa shape index (κ3) is 2.46. The Balaban J connectivity index is 1.89. The van der Waals surface area contributed by atoms with Crippen LogP contribution >= 0.6 is 0 Å². The first-order valence-electron chi connectivity index (χ1n) is 7.65. The number of likely N-dealkylation sites (tertiary alicyclic amines) is 1. The van der Waals surface area contributed by atoms with Gasteiger partial charge >= 0.3 is 0 Å². The lowest BCUT2D eigenvalue weighted by Crippen LogP contribution is -2.57. The van der Waals surface area contributed by atoms with E-state index < -0.39 is 0 Å². The number of nitrogens with two attached hydrogens (primary N) is 1. The standard InChI is InChI=1S/C16H24N4O/c1-3-19-9-7-16(8-10-19)12-18-15(17)20(16)13-5-4-6-14(11-13)21-2/h4-6,11H,3,7-10,12H2,1-2H3,(H2,17,18). The summed E-state index contributed by atoms with van der Waals surface area (Å²) < 4.78 is 5.34. The molecule has 2 aliphatic rings. The van der Waals surface area contributed by atoms with Gasteiger partial charge in [0.25, 0.3) is 0 Å². The Morgan fingerprint density at radius 1 is 1.33 bits per heavy atom. The Labute approximate surface area is 126 Å². The highest BCUT2D eigenvalue weighted by molar-refractivity contribution is 5.98. The lowest BCUT2D eigenvalue weighted by atomic mass is 9.86. The number of rotatable bonds is 3. The molecule has 0 radical (unpaired) electrons. The number of guanidine groups is 1. The monoisotopic (exact) mass is 288 g/mol. The first kappa shape index (κ1) is 14.2. The molecule has 0 aromatic heterocycles. The van der Waals surface area contributed by atoms with Gasteiger partial charge in [0.15, 0.2) is 5.96 Å². The maximum atomic E-state index is 6.20. The van der Waals surface area contributed by atoms with Crippen LogP contribution in [0.25, 0.3) is 0 Å². The maximum Gasteiger partial charge on any atom is 0.196 e. The molecule has 21 heavy (non-hydrogen) atoms. The highest BCUT2D eigenvalue weighted by Crippen LogP contribution is 2.37. The molecule has 3 rings (SSSR count). The van der Waals surface area contributed by atoms with Crippen LogP contribution in [0, 0.1) is 0 Å². The Morgan fingerprint density at radius 3 is 2.76 bits per heavy atom. The fraction of sp³-hybridized carbons (Fsp3) is 0.562. The summed E-state index contributed by atoms with van der Waals surface area (Å²) in [4.78, 5) is 9.25. The van der Waals surface area contributed by atoms with Crippen molar-refractivity contribution in [2.24, 2.45) is 10.7 Å². The topological polar surface area (TPSA) is 54.1 Å². The largest absolute Gasteiger partial charge is 0.497 e. The first-order valence-corrected chi connectivity index (χ1v) is 7.65. The number of methoxy groups -OCH3 is 1. The molecule has 1 aromatic rings. The molecule has 0 atom stereocenters. The first-order chi connectivity index (χ1) is 10.2. The van der Waals surface area contributed by atoms with Gasteiger partial charge in [-0.25, -0.2) is 0 Å². The number of nitrogens with zero attached hydrogens (tertiary/aromatic N) is 3. The fourth-order valence-electron chi connectivity index (χ4n) is 3.44. The van der Waals surface area contributed by atoms with Gasteiger partial charge in [-0.1, -0.05) is 13.0 Å². The van der Waals surface area contributed by atoms with Crippen LogP contribution in [0.4, 0.5) is 5.69 Å². The second-order valence-corrected chi connectivity index (χ2v) is 5.87. The number of hydrogen-bond donors (Lipinski definition) is 1. The predicted octanol–water partition coefficient (Wildman–Crippen LogP) is 1.68. The van der Waals surface area contributed by atoms with E-state index in [1.54, 1.807) is 7.11 Å². The van der Waals surface area contributed by atoms with Crippen molar-refractivity contribution in [3.8, 4) is 5.75 Å². The summed E-state index contributed by atoms with van der Waals surface area (Å²) in [6.07, 6.45) is 2.20. The Morgan fingerprint density at radius 2 is 2.10 bits per heavy atom. The van der Waals surface area contributed by atoms with Crippen molar-refractivity contribution in [3.63, 3.8) is 0 Å². The number of anilines is 1. The molecule has 0 bridgehead atoms. The molecule has 2 aliphatic heterocycles. The molecule has 2 N–H and O–H groups in total. The van der Waals surface area contributed by atoms with Crippen molar-refractivity contribution in [1.82, 2.24) is 4.90 Å². The molecule has 0 saturated carbocycles. The van der Waals surface area contributed by atoms with E-state index in [0.717, 1.165) is 50.5 Å². The molecule has 1 fully saturated rings. The van der Waals surface area contributed by atoms with Crippen molar-refractivity contribution in [1.29, 1.82) is 0 Å². The van der Waals surface area contributed by atoms with Crippen LogP contribution < -0.4 is 15.4 Å². The van der Waals surface area contributed by atoms with Gasteiger partial charge in [-0.15, -0.1) is 0 Å². The molecular weight excluding hydrogens is 264 g/mol. The van der Waals surface area contributed by atoms with Crippen molar-refractivity contribution in [2.45, 2.75) is 25.3 Å². The van der Waals surface area contributed by atoms with Gasteiger partial charge in [-0.05, 0) is 31.5 Å². The van der Waals surface area contributed by atoms with Gasteiger partial charge in [-0.3, -0.25) is 4.99 Å². The van der Waals surface area contributed by atoms with Crippen LogP contribution in [-0.4, -0.2) is 49.7 Å². The summed E-state index contributed by atoms with van der Waals surface area (Å²) in [6.45, 7) is 6.36. The molecule has 2 heterocycles. The molecule has 5 heteroatoms. The SMILES string of the molecule is CCN1CCC2(CC1)CN=C(N)N2c1cccc(OC)c1. The summed E-state index contributed by atoms with van der Waals surface area (Å²) in [5.41, 5.74) is 7.32. The molecule has 0 unspecified atom stereocenters. The summed E-state index contributed by atoms with van der Waals surface area (Å²) in [5.74, 6) is 1.49. The normalized spacial score (nSPS) is 21.6. The van der Waals surface area contributed by atoms with E-state index in [1.165, 1.54) is 0 Å². The van der Waals surface area contributed by atoms with Crippen molar-refractivity contribution in [2.75, 3.05) is 38.2 Å². The van der Waals surface area contributed by atoms with Crippen LogP contribution in [0.5, 0.6) is 5.75 Å². The highest BCUT2D eigenvalue weighted by Gasteiger charge is 2.45. The van der Waals surface area contributed by atoms with Crippen LogP contribution in [0.15, 0.2) is 29.3 Å². The summed E-state index contributed by atoms with van der Waals surface area (Å²) >= 11 is 0. The Bertz CT molecular complexity index is 535. The van der Waals surface area contributed by atoms with E-state index >= 15 is 0 Å². The third-order valence-corrected chi connectivity index (χ3v) is 4.78. The van der Waals surface area contributed by atoms with Gasteiger partial charge in [0.05, 0.1) is 19.2 Å². The zero-order valence-corrected chi connectivity index (χ0v) is 12.9. The minimum atomic E-state index is 0.0438. The fourth-order valence-corrected chi connectivity index (χ4v) is 3.44. The van der Waals surface area contributed by atoms with E-state index in [0.29, 0.717) is 5.96 Å². The number of ether oxygens (including phenoxy) is 1. The Hall–Kier alpha value is -1.75. The number of benzene rings is 1. The van der Waals surface area contributed by atoms with Gasteiger partial charge in [0, 0.05) is 24.8 Å². The van der Waals surface area contributed by atoms with Gasteiger partial charge in [0.1, 0.15) is 5.75 Å². The van der Waals surface area contributed by atoms with Crippen LogP contribution in [0.3, 0.4) is 0 Å². The minimum Gasteiger partial charge on any atom is -0.497 e. The van der Waals surface area contributed by atoms with Crippen molar-refractivity contribution < 1.29 is 4.74 Å². The highest BCUT2D eigenvalue weighted by atomic mass is 16.5. The maximum absolute atomic E-state index is 6.20. The summed E-state index contributed by atoms with van der Waals surface area (Å²) in [6, 6.07) is 8.10. The smallest absolute Gasteiger partial charge is 0.196 e. The lowest BCUT2D eigenvalue weighted by Gasteiger charge is -2.45. The van der Waals surface area contributed by atoms with E-state index in [9.17, 15) is 0 Å². The second-order valence-electron chi connectivity index (χ2n) is 5.87. The average molecular weight is 288 g/mol. The lowest BCUT2D eigenvalue weighted by molar-refractivity contribution is 0.178.